The Morgan fingerprint density at radius 3 is 2.71 bits per heavy atom. The van der Waals surface area contributed by atoms with E-state index < -0.39 is 9.84 Å². The van der Waals surface area contributed by atoms with E-state index >= 15 is 0 Å². The second-order valence-corrected chi connectivity index (χ2v) is 6.55. The molecule has 1 aliphatic heterocycles. The van der Waals surface area contributed by atoms with Crippen LogP contribution in [0.1, 0.15) is 45.4 Å². The van der Waals surface area contributed by atoms with Crippen LogP contribution in [0.4, 0.5) is 0 Å². The first kappa shape index (κ1) is 12.0. The standard InChI is InChI=1S/C10H21NO2S/c1-2-3-6-9(11)10-7-4-5-8-14(10,12)13/h9-10H,2-8,11H2,1H3. The summed E-state index contributed by atoms with van der Waals surface area (Å²) in [6.07, 6.45) is 5.57. The minimum Gasteiger partial charge on any atom is -0.327 e. The largest absolute Gasteiger partial charge is 0.327 e. The van der Waals surface area contributed by atoms with Crippen molar-refractivity contribution in [1.82, 2.24) is 0 Å². The van der Waals surface area contributed by atoms with Gasteiger partial charge in [0.05, 0.1) is 11.0 Å². The Morgan fingerprint density at radius 1 is 1.43 bits per heavy atom. The van der Waals surface area contributed by atoms with Crippen molar-refractivity contribution in [2.45, 2.75) is 56.7 Å². The molecule has 3 nitrogen and oxygen atoms in total. The summed E-state index contributed by atoms with van der Waals surface area (Å²) in [4.78, 5) is 0. The third kappa shape index (κ3) is 2.95. The van der Waals surface area contributed by atoms with Crippen molar-refractivity contribution in [3.05, 3.63) is 0 Å². The van der Waals surface area contributed by atoms with Crippen LogP contribution >= 0.6 is 0 Å². The molecule has 14 heavy (non-hydrogen) atoms. The first-order valence-corrected chi connectivity index (χ1v) is 7.26. The van der Waals surface area contributed by atoms with Gasteiger partial charge in [-0.15, -0.1) is 0 Å². The summed E-state index contributed by atoms with van der Waals surface area (Å²) in [5, 5.41) is -0.261. The fraction of sp³-hybridized carbons (Fsp3) is 1.00. The van der Waals surface area contributed by atoms with Crippen LogP contribution in [0.3, 0.4) is 0 Å². The lowest BCUT2D eigenvalue weighted by atomic mass is 10.0. The van der Waals surface area contributed by atoms with E-state index in [9.17, 15) is 8.42 Å². The lowest BCUT2D eigenvalue weighted by molar-refractivity contribution is 0.472. The average molecular weight is 219 g/mol. The number of rotatable bonds is 4. The van der Waals surface area contributed by atoms with Gasteiger partial charge in [-0.2, -0.15) is 0 Å². The number of sulfone groups is 1. The Morgan fingerprint density at radius 2 is 2.14 bits per heavy atom. The number of unbranched alkanes of at least 4 members (excludes halogenated alkanes) is 1. The van der Waals surface area contributed by atoms with Gasteiger partial charge in [-0.05, 0) is 19.3 Å². The lowest BCUT2D eigenvalue weighted by Gasteiger charge is -2.27. The molecular weight excluding hydrogens is 198 g/mol. The molecule has 2 unspecified atom stereocenters. The molecule has 0 amide bonds. The molecule has 4 heteroatoms. The molecule has 0 aromatic rings. The maximum atomic E-state index is 11.7. The molecule has 0 radical (unpaired) electrons. The fourth-order valence-corrected chi connectivity index (χ4v) is 4.19. The Labute approximate surface area is 87.0 Å². The average Bonchev–Trinajstić information content (AvgIpc) is 2.13. The summed E-state index contributed by atoms with van der Waals surface area (Å²) in [5.74, 6) is 0.345. The van der Waals surface area contributed by atoms with E-state index in [0.717, 1.165) is 38.5 Å². The Kier molecular flexibility index (Phi) is 4.38. The van der Waals surface area contributed by atoms with E-state index in [-0.39, 0.29) is 11.3 Å². The van der Waals surface area contributed by atoms with Crippen LogP contribution in [0.2, 0.25) is 0 Å². The zero-order valence-corrected chi connectivity index (χ0v) is 9.72. The Balaban J connectivity index is 2.56. The number of hydrogen-bond donors (Lipinski definition) is 1. The summed E-state index contributed by atoms with van der Waals surface area (Å²) >= 11 is 0. The molecule has 1 aliphatic rings. The molecule has 0 aliphatic carbocycles. The number of hydrogen-bond acceptors (Lipinski definition) is 3. The summed E-state index contributed by atoms with van der Waals surface area (Å²) in [5.41, 5.74) is 5.93. The van der Waals surface area contributed by atoms with Crippen LogP contribution in [0.5, 0.6) is 0 Å². The van der Waals surface area contributed by atoms with Gasteiger partial charge in [0.2, 0.25) is 0 Å². The van der Waals surface area contributed by atoms with Gasteiger partial charge >= 0.3 is 0 Å². The van der Waals surface area contributed by atoms with Gasteiger partial charge in [0, 0.05) is 6.04 Å². The molecule has 84 valence electrons. The molecule has 2 atom stereocenters. The van der Waals surface area contributed by atoms with Crippen molar-refractivity contribution in [2.24, 2.45) is 5.73 Å². The van der Waals surface area contributed by atoms with Gasteiger partial charge in [-0.1, -0.05) is 26.2 Å². The highest BCUT2D eigenvalue weighted by Gasteiger charge is 2.32. The molecule has 1 saturated heterocycles. The highest BCUT2D eigenvalue weighted by atomic mass is 32.2. The maximum absolute atomic E-state index is 11.7. The SMILES string of the molecule is CCCCC(N)C1CCCCS1(=O)=O. The van der Waals surface area contributed by atoms with Crippen molar-refractivity contribution in [2.75, 3.05) is 5.75 Å². The Hall–Kier alpha value is -0.0900. The molecule has 2 N–H and O–H groups in total. The van der Waals surface area contributed by atoms with Crippen LogP contribution in [0.15, 0.2) is 0 Å². The zero-order valence-electron chi connectivity index (χ0n) is 8.91. The van der Waals surface area contributed by atoms with Crippen LogP contribution < -0.4 is 5.73 Å². The first-order valence-electron chi connectivity index (χ1n) is 5.55. The van der Waals surface area contributed by atoms with Gasteiger partial charge in [0.25, 0.3) is 0 Å². The number of nitrogens with two attached hydrogens (primary N) is 1. The van der Waals surface area contributed by atoms with Crippen LogP contribution in [0.25, 0.3) is 0 Å². The zero-order chi connectivity index (χ0) is 10.6. The first-order chi connectivity index (χ1) is 6.58. The smallest absolute Gasteiger partial charge is 0.154 e. The normalized spacial score (nSPS) is 28.6. The minimum absolute atomic E-state index is 0.139. The fourth-order valence-electron chi connectivity index (χ4n) is 2.09. The molecule has 0 saturated carbocycles. The van der Waals surface area contributed by atoms with Gasteiger partial charge in [0.1, 0.15) is 0 Å². The minimum atomic E-state index is -2.88. The topological polar surface area (TPSA) is 60.2 Å². The Bertz CT molecular complexity index is 261. The quantitative estimate of drug-likeness (QED) is 0.779. The highest BCUT2D eigenvalue weighted by Crippen LogP contribution is 2.23. The van der Waals surface area contributed by atoms with Crippen LogP contribution in [0, 0.1) is 0 Å². The molecule has 0 spiro atoms. The second kappa shape index (κ2) is 5.12. The molecule has 0 aromatic carbocycles. The molecule has 1 fully saturated rings. The third-order valence-corrected chi connectivity index (χ3v) is 5.36. The molecule has 1 heterocycles. The van der Waals surface area contributed by atoms with Crippen molar-refractivity contribution in [3.8, 4) is 0 Å². The van der Waals surface area contributed by atoms with E-state index in [1.54, 1.807) is 0 Å². The summed E-state index contributed by atoms with van der Waals surface area (Å²) in [6.45, 7) is 2.10. The van der Waals surface area contributed by atoms with Crippen LogP contribution in [-0.4, -0.2) is 25.5 Å². The van der Waals surface area contributed by atoms with E-state index in [0.29, 0.717) is 5.75 Å². The van der Waals surface area contributed by atoms with Gasteiger partial charge in [-0.3, -0.25) is 0 Å². The third-order valence-electron chi connectivity index (χ3n) is 3.00. The van der Waals surface area contributed by atoms with Crippen molar-refractivity contribution >= 4 is 9.84 Å². The lowest BCUT2D eigenvalue weighted by Crippen LogP contribution is -2.43. The molecule has 0 bridgehead atoms. The van der Waals surface area contributed by atoms with E-state index in [2.05, 4.69) is 6.92 Å². The van der Waals surface area contributed by atoms with E-state index in [4.69, 9.17) is 5.73 Å². The van der Waals surface area contributed by atoms with Crippen LogP contribution in [-0.2, 0) is 9.84 Å². The van der Waals surface area contributed by atoms with Gasteiger partial charge in [0.15, 0.2) is 9.84 Å². The van der Waals surface area contributed by atoms with Crippen molar-refractivity contribution in [3.63, 3.8) is 0 Å². The highest BCUT2D eigenvalue weighted by molar-refractivity contribution is 7.92. The van der Waals surface area contributed by atoms with E-state index in [1.165, 1.54) is 0 Å². The molecule has 1 rings (SSSR count). The second-order valence-electron chi connectivity index (χ2n) is 4.21. The van der Waals surface area contributed by atoms with Gasteiger partial charge in [-0.25, -0.2) is 8.42 Å². The summed E-state index contributed by atoms with van der Waals surface area (Å²) < 4.78 is 23.4. The summed E-state index contributed by atoms with van der Waals surface area (Å²) in [6, 6.07) is -0.139. The predicted molar refractivity (Wildman–Crippen MR) is 58.9 cm³/mol. The maximum Gasteiger partial charge on any atom is 0.154 e. The summed E-state index contributed by atoms with van der Waals surface area (Å²) in [7, 11) is -2.88. The van der Waals surface area contributed by atoms with Crippen molar-refractivity contribution < 1.29 is 8.42 Å². The molecule has 0 aromatic heterocycles. The monoisotopic (exact) mass is 219 g/mol. The van der Waals surface area contributed by atoms with E-state index in [1.807, 2.05) is 0 Å². The van der Waals surface area contributed by atoms with Gasteiger partial charge < -0.3 is 5.73 Å². The molecular formula is C10H21NO2S. The predicted octanol–water partition coefficient (Wildman–Crippen LogP) is 1.47. The van der Waals surface area contributed by atoms with Crippen molar-refractivity contribution in [1.29, 1.82) is 0 Å².